The first kappa shape index (κ1) is 30.1. The lowest BCUT2D eigenvalue weighted by Crippen LogP contribution is -2.71. The van der Waals surface area contributed by atoms with Gasteiger partial charge >= 0.3 is 11.9 Å². The minimum absolute atomic E-state index is 0.0733. The van der Waals surface area contributed by atoms with Crippen LogP contribution in [0.3, 0.4) is 0 Å². The predicted molar refractivity (Wildman–Crippen MR) is 137 cm³/mol. The summed E-state index contributed by atoms with van der Waals surface area (Å²) in [5.74, 6) is -2.04. The first-order chi connectivity index (χ1) is 17.4. The molecule has 2 aliphatic heterocycles. The third-order valence-corrected chi connectivity index (χ3v) is 6.89. The van der Waals surface area contributed by atoms with Crippen LogP contribution in [0.15, 0.2) is 21.8 Å². The number of nitrogens with two attached hydrogens (primary N) is 1. The Kier molecular flexibility index (Phi) is 10.5. The first-order valence-corrected chi connectivity index (χ1v) is 13.0. The Balaban J connectivity index is 0.00000153. The molecular weight excluding hydrogens is 526 g/mol. The van der Waals surface area contributed by atoms with Gasteiger partial charge in [0.15, 0.2) is 10.8 Å². The number of carbonyl (C=O) groups is 4. The van der Waals surface area contributed by atoms with Gasteiger partial charge in [-0.1, -0.05) is 5.16 Å². The van der Waals surface area contributed by atoms with Crippen LogP contribution in [0.1, 0.15) is 40.3 Å². The van der Waals surface area contributed by atoms with E-state index in [1.54, 1.807) is 40.0 Å². The number of thioether (sulfide) groups is 1. The zero-order chi connectivity index (χ0) is 27.9. The lowest BCUT2D eigenvalue weighted by Gasteiger charge is -2.49. The van der Waals surface area contributed by atoms with Crippen molar-refractivity contribution in [3.63, 3.8) is 0 Å². The number of thiazole rings is 1. The van der Waals surface area contributed by atoms with Crippen molar-refractivity contribution in [3.8, 4) is 0 Å². The molecule has 4 N–H and O–H groups in total. The molecule has 1 saturated heterocycles. The number of β-lactam (4-membered cyclic amide) rings is 1. The molecule has 0 unspecified atom stereocenters. The minimum Gasteiger partial charge on any atom is -0.427 e. The quantitative estimate of drug-likeness (QED) is 0.142. The lowest BCUT2D eigenvalue weighted by atomic mass is 9.98. The van der Waals surface area contributed by atoms with E-state index in [4.69, 9.17) is 25.2 Å². The molecule has 0 spiro atoms. The number of hydrogen-bond acceptors (Lipinski definition) is 13. The van der Waals surface area contributed by atoms with Crippen molar-refractivity contribution in [2.24, 2.45) is 10.6 Å². The Morgan fingerprint density at radius 3 is 2.51 bits per heavy atom. The molecule has 3 heterocycles. The SMILES string of the molecule is CCO.CO/N=C(\C(=O)N[C@@H]1C(=O)N2C(C(=O)OCOC(=O)C(C)(C)C)=C(C)CS[C@H]12)c1csc(N)n1. The molecule has 0 radical (unpaired) electrons. The molecule has 2 atom stereocenters. The second-order valence-corrected chi connectivity index (χ2v) is 10.7. The maximum absolute atomic E-state index is 12.9. The van der Waals surface area contributed by atoms with E-state index < -0.39 is 47.4 Å². The molecule has 2 aliphatic rings. The number of aliphatic hydroxyl groups excluding tert-OH is 1. The molecule has 204 valence electrons. The van der Waals surface area contributed by atoms with Crippen molar-refractivity contribution < 1.29 is 38.6 Å². The molecule has 2 amide bonds. The molecule has 13 nitrogen and oxygen atoms in total. The van der Waals surface area contributed by atoms with Gasteiger partial charge in [-0.3, -0.25) is 19.3 Å². The number of carbonyl (C=O) groups excluding carboxylic acids is 4. The number of ether oxygens (including phenoxy) is 2. The minimum atomic E-state index is -0.898. The van der Waals surface area contributed by atoms with Gasteiger partial charge in [0.1, 0.15) is 29.9 Å². The van der Waals surface area contributed by atoms with Crippen LogP contribution in [0.25, 0.3) is 0 Å². The predicted octanol–water partition coefficient (Wildman–Crippen LogP) is 0.838. The number of anilines is 1. The van der Waals surface area contributed by atoms with Crippen molar-refractivity contribution in [2.75, 3.05) is 32.0 Å². The van der Waals surface area contributed by atoms with Crippen molar-refractivity contribution in [3.05, 3.63) is 22.3 Å². The van der Waals surface area contributed by atoms with Gasteiger partial charge in [-0.2, -0.15) is 0 Å². The summed E-state index contributed by atoms with van der Waals surface area (Å²) in [7, 11) is 1.28. The number of rotatable bonds is 7. The normalized spacial score (nSPS) is 19.2. The number of nitrogen functional groups attached to an aromatic ring is 1. The largest absolute Gasteiger partial charge is 0.427 e. The average Bonchev–Trinajstić information content (AvgIpc) is 3.26. The third kappa shape index (κ3) is 7.20. The Morgan fingerprint density at radius 1 is 1.32 bits per heavy atom. The van der Waals surface area contributed by atoms with Crippen LogP contribution < -0.4 is 11.1 Å². The number of fused-ring (bicyclic) bond motifs is 1. The molecule has 15 heteroatoms. The van der Waals surface area contributed by atoms with E-state index in [2.05, 4.69) is 15.5 Å². The number of esters is 2. The average molecular weight is 558 g/mol. The first-order valence-electron chi connectivity index (χ1n) is 11.1. The third-order valence-electron chi connectivity index (χ3n) is 4.79. The highest BCUT2D eigenvalue weighted by atomic mass is 32.2. The fourth-order valence-corrected chi connectivity index (χ4v) is 4.93. The standard InChI is InChI=1S/C20H25N5O7S2.C2H6O/c1-9-6-33-16-12(23-14(26)11(24-30-5)10-7-34-19(21)22-10)15(27)25(16)13(9)17(28)31-8-32-18(29)20(2,3)4;1-2-3/h7,12,16H,6,8H2,1-5H3,(H2,21,22)(H,23,26);3H,2H2,1H3/b24-11-;/t12-,16-;/m1./s1. The smallest absolute Gasteiger partial charge is 0.357 e. The van der Waals surface area contributed by atoms with Gasteiger partial charge in [0, 0.05) is 17.7 Å². The van der Waals surface area contributed by atoms with Gasteiger partial charge in [-0.05, 0) is 40.2 Å². The Labute approximate surface area is 222 Å². The van der Waals surface area contributed by atoms with Crippen molar-refractivity contribution in [1.29, 1.82) is 0 Å². The van der Waals surface area contributed by atoms with Gasteiger partial charge in [0.25, 0.3) is 11.8 Å². The van der Waals surface area contributed by atoms with E-state index >= 15 is 0 Å². The van der Waals surface area contributed by atoms with Gasteiger partial charge in [-0.25, -0.2) is 9.78 Å². The number of nitrogens with zero attached hydrogens (tertiary/aromatic N) is 3. The van der Waals surface area contributed by atoms with E-state index in [9.17, 15) is 19.2 Å². The number of hydrogen-bond donors (Lipinski definition) is 3. The van der Waals surface area contributed by atoms with Gasteiger partial charge in [-0.15, -0.1) is 23.1 Å². The molecule has 1 fully saturated rings. The van der Waals surface area contributed by atoms with E-state index in [0.717, 1.165) is 11.3 Å². The van der Waals surface area contributed by atoms with E-state index in [0.29, 0.717) is 11.3 Å². The van der Waals surface area contributed by atoms with E-state index in [1.165, 1.54) is 23.8 Å². The summed E-state index contributed by atoms with van der Waals surface area (Å²) in [4.78, 5) is 60.3. The monoisotopic (exact) mass is 557 g/mol. The highest BCUT2D eigenvalue weighted by Gasteiger charge is 2.54. The Bertz CT molecular complexity index is 1100. The number of aliphatic hydroxyl groups is 1. The van der Waals surface area contributed by atoms with Crippen molar-refractivity contribution in [2.45, 2.75) is 46.0 Å². The molecule has 3 rings (SSSR count). The van der Waals surface area contributed by atoms with Crippen LogP contribution in [0.2, 0.25) is 0 Å². The molecule has 1 aromatic rings. The second kappa shape index (κ2) is 12.9. The summed E-state index contributed by atoms with van der Waals surface area (Å²) >= 11 is 2.52. The van der Waals surface area contributed by atoms with Gasteiger partial charge in [0.2, 0.25) is 6.79 Å². The zero-order valence-corrected chi connectivity index (χ0v) is 23.0. The van der Waals surface area contributed by atoms with Crippen LogP contribution in [-0.4, -0.2) is 82.1 Å². The fourth-order valence-electron chi connectivity index (χ4n) is 3.09. The van der Waals surface area contributed by atoms with Crippen LogP contribution in [0.4, 0.5) is 5.13 Å². The van der Waals surface area contributed by atoms with Crippen LogP contribution in [0.5, 0.6) is 0 Å². The highest BCUT2D eigenvalue weighted by Crippen LogP contribution is 2.40. The maximum Gasteiger partial charge on any atom is 0.357 e. The summed E-state index contributed by atoms with van der Waals surface area (Å²) in [6.07, 6.45) is 0. The summed E-state index contributed by atoms with van der Waals surface area (Å²) in [5, 5.41) is 15.2. The molecule has 0 bridgehead atoms. The molecule has 0 aromatic carbocycles. The summed E-state index contributed by atoms with van der Waals surface area (Å²) in [5.41, 5.74) is 5.67. The number of oxime groups is 1. The number of aromatic nitrogens is 1. The number of amides is 2. The topological polar surface area (TPSA) is 183 Å². The second-order valence-electron chi connectivity index (χ2n) is 8.73. The summed E-state index contributed by atoms with van der Waals surface area (Å²) in [6, 6.07) is -0.898. The molecule has 1 aromatic heterocycles. The van der Waals surface area contributed by atoms with Gasteiger partial charge in [0.05, 0.1) is 5.41 Å². The van der Waals surface area contributed by atoms with Gasteiger partial charge < -0.3 is 30.5 Å². The maximum atomic E-state index is 12.9. The molecule has 0 aliphatic carbocycles. The number of nitrogens with one attached hydrogen (secondary N) is 1. The zero-order valence-electron chi connectivity index (χ0n) is 21.4. The van der Waals surface area contributed by atoms with Crippen LogP contribution >= 0.6 is 23.1 Å². The molecule has 0 saturated carbocycles. The summed E-state index contributed by atoms with van der Waals surface area (Å²) < 4.78 is 10.0. The van der Waals surface area contributed by atoms with Crippen LogP contribution in [0, 0.1) is 5.41 Å². The van der Waals surface area contributed by atoms with E-state index in [1.807, 2.05) is 0 Å². The lowest BCUT2D eigenvalue weighted by molar-refractivity contribution is -0.173. The fraction of sp³-hybridized carbons (Fsp3) is 0.545. The molecular formula is C22H31N5O8S2. The molecule has 37 heavy (non-hydrogen) atoms. The van der Waals surface area contributed by atoms with E-state index in [-0.39, 0.29) is 28.8 Å². The van der Waals surface area contributed by atoms with Crippen molar-refractivity contribution >= 4 is 57.7 Å². The Morgan fingerprint density at radius 2 is 1.97 bits per heavy atom. The summed E-state index contributed by atoms with van der Waals surface area (Å²) in [6.45, 7) is 8.08. The van der Waals surface area contributed by atoms with Crippen molar-refractivity contribution in [1.82, 2.24) is 15.2 Å². The highest BCUT2D eigenvalue weighted by molar-refractivity contribution is 8.00. The van der Waals surface area contributed by atoms with Crippen LogP contribution in [-0.2, 0) is 33.5 Å². The Hall–Kier alpha value is -3.17.